The fourth-order valence-electron chi connectivity index (χ4n) is 3.63. The fraction of sp³-hybridized carbons (Fsp3) is 0.429. The maximum absolute atomic E-state index is 13.0. The Bertz CT molecular complexity index is 1310. The zero-order valence-corrected chi connectivity index (χ0v) is 21.0. The topological polar surface area (TPSA) is 131 Å². The molecule has 15 heteroatoms. The Kier molecular flexibility index (Phi) is 7.40. The Morgan fingerprint density at radius 1 is 1.25 bits per heavy atom. The number of thiophene rings is 1. The van der Waals surface area contributed by atoms with E-state index in [-0.39, 0.29) is 43.7 Å². The first-order valence-corrected chi connectivity index (χ1v) is 12.8. The SMILES string of the molecule is CCCc1cc2c(N3CCN(C(=N)C(F)(F)F)C(=N)C3)nc(Nc3nc(C(=O)OCC)cs3)nc2s1. The number of carbonyl (C=O) groups is 1. The van der Waals surface area contributed by atoms with Crippen LogP contribution in [-0.2, 0) is 11.2 Å². The van der Waals surface area contributed by atoms with E-state index in [0.29, 0.717) is 20.7 Å². The third kappa shape index (κ3) is 5.41. The van der Waals surface area contributed by atoms with Crippen LogP contribution >= 0.6 is 22.7 Å². The number of anilines is 3. The van der Waals surface area contributed by atoms with Gasteiger partial charge >= 0.3 is 12.1 Å². The van der Waals surface area contributed by atoms with Gasteiger partial charge in [0, 0.05) is 23.3 Å². The van der Waals surface area contributed by atoms with Crippen molar-refractivity contribution in [3.05, 3.63) is 22.0 Å². The summed E-state index contributed by atoms with van der Waals surface area (Å²) < 4.78 is 44.0. The van der Waals surface area contributed by atoms with Gasteiger partial charge in [-0.1, -0.05) is 13.3 Å². The van der Waals surface area contributed by atoms with E-state index in [1.165, 1.54) is 22.7 Å². The molecule has 1 fully saturated rings. The standard InChI is InChI=1S/C21H23F3N8O2S2/c1-3-5-11-8-12-15(31-6-7-32(14(25)9-31)18(26)21(22,23)24)28-19(29-16(12)36-11)30-20-27-13(10-35-20)17(33)34-4-2/h8,10,25-26H,3-7,9H2,1-2H3,(H,27,28,29,30). The van der Waals surface area contributed by atoms with Crippen LogP contribution in [-0.4, -0.2) is 69.9 Å². The first-order chi connectivity index (χ1) is 17.1. The lowest BCUT2D eigenvalue weighted by Gasteiger charge is -2.37. The molecule has 0 radical (unpaired) electrons. The molecule has 0 aromatic carbocycles. The lowest BCUT2D eigenvalue weighted by molar-refractivity contribution is -0.0671. The smallest absolute Gasteiger partial charge is 0.449 e. The van der Waals surface area contributed by atoms with Crippen molar-refractivity contribution in [2.24, 2.45) is 0 Å². The van der Waals surface area contributed by atoms with Crippen LogP contribution in [0.15, 0.2) is 11.4 Å². The summed E-state index contributed by atoms with van der Waals surface area (Å²) in [6.07, 6.45) is -3.06. The Morgan fingerprint density at radius 2 is 2.03 bits per heavy atom. The van der Waals surface area contributed by atoms with E-state index < -0.39 is 18.0 Å². The molecule has 0 amide bonds. The van der Waals surface area contributed by atoms with E-state index in [9.17, 15) is 18.0 Å². The molecule has 3 N–H and O–H groups in total. The number of piperazine rings is 1. The monoisotopic (exact) mass is 540 g/mol. The number of esters is 1. The minimum atomic E-state index is -4.83. The van der Waals surface area contributed by atoms with Crippen LogP contribution in [0.25, 0.3) is 10.2 Å². The van der Waals surface area contributed by atoms with Crippen LogP contribution in [0.3, 0.4) is 0 Å². The number of carbonyl (C=O) groups excluding carboxylic acids is 1. The molecule has 0 spiro atoms. The fourth-order valence-corrected chi connectivity index (χ4v) is 5.43. The van der Waals surface area contributed by atoms with Gasteiger partial charge in [0.15, 0.2) is 10.8 Å². The molecule has 0 unspecified atom stereocenters. The van der Waals surface area contributed by atoms with Crippen molar-refractivity contribution in [3.63, 3.8) is 0 Å². The van der Waals surface area contributed by atoms with E-state index in [4.69, 9.17) is 15.6 Å². The molecule has 4 heterocycles. The highest BCUT2D eigenvalue weighted by Gasteiger charge is 2.41. The number of ether oxygens (including phenoxy) is 1. The zero-order chi connectivity index (χ0) is 26.0. The van der Waals surface area contributed by atoms with Gasteiger partial charge < -0.3 is 14.5 Å². The minimum absolute atomic E-state index is 0.135. The summed E-state index contributed by atoms with van der Waals surface area (Å²) in [5.41, 5.74) is 0.156. The summed E-state index contributed by atoms with van der Waals surface area (Å²) >= 11 is 2.68. The van der Waals surface area contributed by atoms with Crippen molar-refractivity contribution in [3.8, 4) is 0 Å². The number of alkyl halides is 3. The summed E-state index contributed by atoms with van der Waals surface area (Å²) in [4.78, 5) is 29.5. The number of amidine groups is 2. The molecule has 0 bridgehead atoms. The predicted molar refractivity (Wildman–Crippen MR) is 133 cm³/mol. The predicted octanol–water partition coefficient (Wildman–Crippen LogP) is 4.66. The number of thiazole rings is 1. The number of aromatic nitrogens is 3. The van der Waals surface area contributed by atoms with E-state index in [1.54, 1.807) is 17.2 Å². The summed E-state index contributed by atoms with van der Waals surface area (Å²) in [6.45, 7) is 3.80. The maximum Gasteiger partial charge on any atom is 0.449 e. The highest BCUT2D eigenvalue weighted by Crippen LogP contribution is 2.34. The van der Waals surface area contributed by atoms with Crippen LogP contribution < -0.4 is 10.2 Å². The van der Waals surface area contributed by atoms with Gasteiger partial charge in [-0.15, -0.1) is 22.7 Å². The molecule has 3 aromatic rings. The highest BCUT2D eigenvalue weighted by atomic mass is 32.1. The molecule has 36 heavy (non-hydrogen) atoms. The molecule has 192 valence electrons. The lowest BCUT2D eigenvalue weighted by Crippen LogP contribution is -2.55. The number of nitrogens with zero attached hydrogens (tertiary/aromatic N) is 5. The van der Waals surface area contributed by atoms with Crippen molar-refractivity contribution >= 4 is 67.4 Å². The second-order valence-corrected chi connectivity index (χ2v) is 9.78. The third-order valence-electron chi connectivity index (χ3n) is 5.23. The number of hydrogen-bond donors (Lipinski definition) is 3. The van der Waals surface area contributed by atoms with Crippen molar-refractivity contribution in [1.82, 2.24) is 19.9 Å². The van der Waals surface area contributed by atoms with Gasteiger partial charge in [0.1, 0.15) is 16.5 Å². The van der Waals surface area contributed by atoms with E-state index in [0.717, 1.165) is 23.1 Å². The van der Waals surface area contributed by atoms with Crippen molar-refractivity contribution in [1.29, 1.82) is 10.8 Å². The number of fused-ring (bicyclic) bond motifs is 1. The quantitative estimate of drug-likeness (QED) is 0.224. The average molecular weight is 541 g/mol. The van der Waals surface area contributed by atoms with Gasteiger partial charge in [-0.2, -0.15) is 18.2 Å². The molecular weight excluding hydrogens is 517 g/mol. The van der Waals surface area contributed by atoms with Crippen LogP contribution in [0.2, 0.25) is 0 Å². The summed E-state index contributed by atoms with van der Waals surface area (Å²) in [5, 5.41) is 21.2. The lowest BCUT2D eigenvalue weighted by atomic mass is 10.2. The van der Waals surface area contributed by atoms with Crippen molar-refractivity contribution in [2.45, 2.75) is 32.9 Å². The van der Waals surface area contributed by atoms with E-state index in [2.05, 4.69) is 27.2 Å². The molecule has 0 saturated carbocycles. The molecule has 3 aromatic heterocycles. The Balaban J connectivity index is 1.64. The molecule has 1 aliphatic heterocycles. The Hall–Kier alpha value is -3.33. The van der Waals surface area contributed by atoms with Crippen LogP contribution in [0, 0.1) is 10.8 Å². The van der Waals surface area contributed by atoms with Gasteiger partial charge in [-0.05, 0) is 19.4 Å². The molecule has 10 nitrogen and oxygen atoms in total. The molecule has 4 rings (SSSR count). The molecule has 1 saturated heterocycles. The normalized spacial score (nSPS) is 14.4. The van der Waals surface area contributed by atoms with Gasteiger partial charge in [-0.3, -0.25) is 16.1 Å². The number of aryl methyl sites for hydroxylation is 1. The van der Waals surface area contributed by atoms with Crippen LogP contribution in [0.1, 0.15) is 35.6 Å². The number of halogens is 3. The first-order valence-electron chi connectivity index (χ1n) is 11.1. The van der Waals surface area contributed by atoms with E-state index >= 15 is 0 Å². The largest absolute Gasteiger partial charge is 0.461 e. The highest BCUT2D eigenvalue weighted by molar-refractivity contribution is 7.18. The number of nitrogens with one attached hydrogen (secondary N) is 3. The molecule has 0 aliphatic carbocycles. The van der Waals surface area contributed by atoms with Crippen molar-refractivity contribution < 1.29 is 22.7 Å². The Labute approximate surface area is 212 Å². The summed E-state index contributed by atoms with van der Waals surface area (Å²) in [6, 6.07) is 1.97. The third-order valence-corrected chi connectivity index (χ3v) is 7.07. The van der Waals surface area contributed by atoms with Gasteiger partial charge in [0.2, 0.25) is 11.8 Å². The first kappa shape index (κ1) is 25.8. The summed E-state index contributed by atoms with van der Waals surface area (Å²) in [5.74, 6) is -1.74. The van der Waals surface area contributed by atoms with Crippen LogP contribution in [0.5, 0.6) is 0 Å². The number of rotatable bonds is 7. The van der Waals surface area contributed by atoms with Crippen molar-refractivity contribution in [2.75, 3.05) is 36.5 Å². The molecule has 0 atom stereocenters. The van der Waals surface area contributed by atoms with Crippen LogP contribution in [0.4, 0.5) is 30.1 Å². The molecule has 1 aliphatic rings. The van der Waals surface area contributed by atoms with E-state index in [1.807, 2.05) is 6.07 Å². The Morgan fingerprint density at radius 3 is 2.69 bits per heavy atom. The summed E-state index contributed by atoms with van der Waals surface area (Å²) in [7, 11) is 0. The van der Waals surface area contributed by atoms with Gasteiger partial charge in [0.25, 0.3) is 0 Å². The molecular formula is C21H23F3N8O2S2. The van der Waals surface area contributed by atoms with Gasteiger partial charge in [-0.25, -0.2) is 14.8 Å². The maximum atomic E-state index is 13.0. The average Bonchev–Trinajstić information content (AvgIpc) is 3.44. The zero-order valence-electron chi connectivity index (χ0n) is 19.4. The number of hydrogen-bond acceptors (Lipinski definition) is 11. The second-order valence-electron chi connectivity index (χ2n) is 7.80. The minimum Gasteiger partial charge on any atom is -0.461 e. The van der Waals surface area contributed by atoms with Gasteiger partial charge in [0.05, 0.1) is 18.5 Å². The second kappa shape index (κ2) is 10.3.